The van der Waals surface area contributed by atoms with Crippen molar-refractivity contribution >= 4 is 34.7 Å². The summed E-state index contributed by atoms with van der Waals surface area (Å²) >= 11 is 2.67. The average Bonchev–Trinajstić information content (AvgIpc) is 3.27. The summed E-state index contributed by atoms with van der Waals surface area (Å²) < 4.78 is 1.66. The maximum atomic E-state index is 12.4. The molecule has 0 saturated heterocycles. The molecule has 2 heterocycles. The summed E-state index contributed by atoms with van der Waals surface area (Å²) in [6, 6.07) is 8.08. The Hall–Kier alpha value is -2.72. The number of hydrogen-bond acceptors (Lipinski definition) is 7. The number of aromatic nitrogens is 3. The van der Waals surface area contributed by atoms with Gasteiger partial charge in [-0.15, -0.1) is 21.5 Å². The Balaban J connectivity index is 1.82. The average molecular weight is 389 g/mol. The third-order valence-electron chi connectivity index (χ3n) is 3.61. The number of nitro benzene ring substituents is 1. The molecule has 8 nitrogen and oxygen atoms in total. The molecule has 0 bridgehead atoms. The maximum Gasteiger partial charge on any atom is 0.284 e. The predicted octanol–water partition coefficient (Wildman–Crippen LogP) is 3.43. The van der Waals surface area contributed by atoms with E-state index in [-0.39, 0.29) is 23.2 Å². The minimum absolute atomic E-state index is 0.144. The second-order valence-corrected chi connectivity index (χ2v) is 7.47. The van der Waals surface area contributed by atoms with E-state index >= 15 is 0 Å². The zero-order valence-electron chi connectivity index (χ0n) is 13.9. The van der Waals surface area contributed by atoms with E-state index in [1.54, 1.807) is 35.1 Å². The Labute approximate surface area is 157 Å². The smallest absolute Gasteiger partial charge is 0.284 e. The van der Waals surface area contributed by atoms with Gasteiger partial charge in [-0.25, -0.2) is 0 Å². The van der Waals surface area contributed by atoms with Crippen molar-refractivity contribution in [2.75, 3.05) is 0 Å². The lowest BCUT2D eigenvalue weighted by Gasteiger charge is -2.12. The van der Waals surface area contributed by atoms with Crippen molar-refractivity contribution in [3.8, 4) is 0 Å². The standard InChI is InChI=1S/C16H15N5O3S2/c1-10(13-4-3-7-25-13)18-15(22)11-5-6-14(12(8-11)21(23)24)26-16-19-17-9-20(16)2/h3-10H,1-2H3,(H,18,22). The third kappa shape index (κ3) is 3.92. The van der Waals surface area contributed by atoms with E-state index in [4.69, 9.17) is 0 Å². The molecule has 0 aliphatic rings. The molecule has 1 atom stereocenters. The zero-order valence-corrected chi connectivity index (χ0v) is 15.6. The van der Waals surface area contributed by atoms with Crippen molar-refractivity contribution in [2.45, 2.75) is 23.0 Å². The topological polar surface area (TPSA) is 103 Å². The van der Waals surface area contributed by atoms with Gasteiger partial charge in [0.15, 0.2) is 5.16 Å². The fourth-order valence-corrected chi connectivity index (χ4v) is 3.82. The highest BCUT2D eigenvalue weighted by atomic mass is 32.2. The normalized spacial score (nSPS) is 11.9. The number of rotatable bonds is 6. The summed E-state index contributed by atoms with van der Waals surface area (Å²) in [6.45, 7) is 1.87. The van der Waals surface area contributed by atoms with E-state index in [9.17, 15) is 14.9 Å². The molecular formula is C16H15N5O3S2. The van der Waals surface area contributed by atoms with E-state index < -0.39 is 4.92 Å². The van der Waals surface area contributed by atoms with Crippen LogP contribution < -0.4 is 5.32 Å². The lowest BCUT2D eigenvalue weighted by Crippen LogP contribution is -2.26. The molecule has 0 spiro atoms. The molecule has 2 aromatic heterocycles. The van der Waals surface area contributed by atoms with E-state index in [2.05, 4.69) is 15.5 Å². The Kier molecular flexibility index (Phi) is 5.33. The second kappa shape index (κ2) is 7.67. The maximum absolute atomic E-state index is 12.4. The van der Waals surface area contributed by atoms with Crippen LogP contribution in [0.25, 0.3) is 0 Å². The molecule has 1 unspecified atom stereocenters. The van der Waals surface area contributed by atoms with Gasteiger partial charge in [0.2, 0.25) is 0 Å². The third-order valence-corrected chi connectivity index (χ3v) is 5.78. The van der Waals surface area contributed by atoms with E-state index in [0.29, 0.717) is 10.1 Å². The molecule has 1 N–H and O–H groups in total. The number of nitro groups is 1. The number of carbonyl (C=O) groups is 1. The van der Waals surface area contributed by atoms with Crippen molar-refractivity contribution in [1.29, 1.82) is 0 Å². The predicted molar refractivity (Wildman–Crippen MR) is 98.4 cm³/mol. The van der Waals surface area contributed by atoms with E-state index in [1.165, 1.54) is 12.4 Å². The number of carbonyl (C=O) groups excluding carboxylic acids is 1. The second-order valence-electron chi connectivity index (χ2n) is 5.48. The lowest BCUT2D eigenvalue weighted by atomic mass is 10.1. The van der Waals surface area contributed by atoms with Crippen LogP contribution in [-0.4, -0.2) is 25.6 Å². The van der Waals surface area contributed by atoms with Crippen LogP contribution in [0.2, 0.25) is 0 Å². The van der Waals surface area contributed by atoms with Crippen LogP contribution in [-0.2, 0) is 7.05 Å². The SMILES string of the molecule is CC(NC(=O)c1ccc(Sc2nncn2C)c([N+](=O)[O-])c1)c1cccs1. The lowest BCUT2D eigenvalue weighted by molar-refractivity contribution is -0.387. The molecule has 3 rings (SSSR count). The van der Waals surface area contributed by atoms with Crippen molar-refractivity contribution in [3.63, 3.8) is 0 Å². The van der Waals surface area contributed by atoms with Crippen LogP contribution in [0.15, 0.2) is 52.1 Å². The quantitative estimate of drug-likeness (QED) is 0.512. The van der Waals surface area contributed by atoms with Gasteiger partial charge in [0.1, 0.15) is 6.33 Å². The summed E-state index contributed by atoms with van der Waals surface area (Å²) in [6.07, 6.45) is 1.52. The molecule has 0 aliphatic heterocycles. The Bertz CT molecular complexity index is 939. The summed E-state index contributed by atoms with van der Waals surface area (Å²) in [5.41, 5.74) is 0.0943. The van der Waals surface area contributed by atoms with Crippen LogP contribution in [0.1, 0.15) is 28.2 Å². The van der Waals surface area contributed by atoms with Gasteiger partial charge in [0.05, 0.1) is 15.9 Å². The van der Waals surface area contributed by atoms with Crippen LogP contribution in [0.3, 0.4) is 0 Å². The van der Waals surface area contributed by atoms with Gasteiger partial charge in [-0.3, -0.25) is 14.9 Å². The summed E-state index contributed by atoms with van der Waals surface area (Å²) in [5, 5.41) is 24.4. The highest BCUT2D eigenvalue weighted by Crippen LogP contribution is 2.34. The highest BCUT2D eigenvalue weighted by Gasteiger charge is 2.21. The first-order valence-corrected chi connectivity index (χ1v) is 9.30. The molecule has 134 valence electrons. The fraction of sp³-hybridized carbons (Fsp3) is 0.188. The van der Waals surface area contributed by atoms with Gasteiger partial charge in [-0.1, -0.05) is 6.07 Å². The van der Waals surface area contributed by atoms with Crippen molar-refractivity contribution in [1.82, 2.24) is 20.1 Å². The summed E-state index contributed by atoms with van der Waals surface area (Å²) in [5.74, 6) is -0.357. The monoisotopic (exact) mass is 389 g/mol. The van der Waals surface area contributed by atoms with Gasteiger partial charge in [0, 0.05) is 23.6 Å². The molecule has 1 amide bonds. The van der Waals surface area contributed by atoms with Crippen LogP contribution in [0.4, 0.5) is 5.69 Å². The Morgan fingerprint density at radius 2 is 2.23 bits per heavy atom. The fourth-order valence-electron chi connectivity index (χ4n) is 2.24. The summed E-state index contributed by atoms with van der Waals surface area (Å²) in [7, 11) is 1.75. The number of benzene rings is 1. The number of nitrogens with one attached hydrogen (secondary N) is 1. The van der Waals surface area contributed by atoms with E-state index in [0.717, 1.165) is 16.6 Å². The van der Waals surface area contributed by atoms with Gasteiger partial charge in [-0.2, -0.15) is 0 Å². The van der Waals surface area contributed by atoms with Gasteiger partial charge in [-0.05, 0) is 42.3 Å². The first-order chi connectivity index (χ1) is 12.5. The van der Waals surface area contributed by atoms with E-state index in [1.807, 2.05) is 24.4 Å². The number of thiophene rings is 1. The number of amides is 1. The van der Waals surface area contributed by atoms with Crippen LogP contribution >= 0.6 is 23.1 Å². The minimum atomic E-state index is -0.502. The first-order valence-electron chi connectivity index (χ1n) is 7.60. The van der Waals surface area contributed by atoms with Crippen LogP contribution in [0, 0.1) is 10.1 Å². The number of nitrogens with zero attached hydrogens (tertiary/aromatic N) is 4. The molecule has 3 aromatic rings. The van der Waals surface area contributed by atoms with Crippen molar-refractivity contribution in [3.05, 3.63) is 62.6 Å². The summed E-state index contributed by atoms with van der Waals surface area (Å²) in [4.78, 5) is 24.8. The van der Waals surface area contributed by atoms with Gasteiger partial charge >= 0.3 is 0 Å². The molecule has 0 fully saturated rings. The molecular weight excluding hydrogens is 374 g/mol. The molecule has 0 radical (unpaired) electrons. The zero-order chi connectivity index (χ0) is 18.7. The first kappa shape index (κ1) is 18.1. The van der Waals surface area contributed by atoms with Crippen molar-refractivity contribution < 1.29 is 9.72 Å². The van der Waals surface area contributed by atoms with Crippen molar-refractivity contribution in [2.24, 2.45) is 7.05 Å². The number of hydrogen-bond donors (Lipinski definition) is 1. The molecule has 0 aliphatic carbocycles. The van der Waals surface area contributed by atoms with Gasteiger partial charge < -0.3 is 9.88 Å². The Morgan fingerprint density at radius 3 is 2.85 bits per heavy atom. The molecule has 1 aromatic carbocycles. The van der Waals surface area contributed by atoms with Crippen LogP contribution in [0.5, 0.6) is 0 Å². The highest BCUT2D eigenvalue weighted by molar-refractivity contribution is 7.99. The minimum Gasteiger partial charge on any atom is -0.345 e. The largest absolute Gasteiger partial charge is 0.345 e. The number of aryl methyl sites for hydroxylation is 1. The molecule has 10 heteroatoms. The molecule has 0 saturated carbocycles. The molecule has 26 heavy (non-hydrogen) atoms. The van der Waals surface area contributed by atoms with Gasteiger partial charge in [0.25, 0.3) is 11.6 Å². The Morgan fingerprint density at radius 1 is 1.42 bits per heavy atom.